The van der Waals surface area contributed by atoms with Gasteiger partial charge in [0.05, 0.1) is 26.4 Å². The van der Waals surface area contributed by atoms with E-state index in [0.717, 1.165) is 0 Å². The van der Waals surface area contributed by atoms with Crippen LogP contribution in [-0.2, 0) is 52.6 Å². The van der Waals surface area contributed by atoms with Crippen molar-refractivity contribution in [3.8, 4) is 11.5 Å². The van der Waals surface area contributed by atoms with Crippen molar-refractivity contribution in [2.24, 2.45) is 0 Å². The molecule has 300 valence electrons. The summed E-state index contributed by atoms with van der Waals surface area (Å²) in [4.78, 5) is 112. The van der Waals surface area contributed by atoms with Gasteiger partial charge < -0.3 is 42.9 Å². The minimum absolute atomic E-state index is 0.00784. The molecule has 0 fully saturated rings. The van der Waals surface area contributed by atoms with E-state index < -0.39 is 70.9 Å². The number of benzene rings is 2. The van der Waals surface area contributed by atoms with Crippen LogP contribution < -0.4 is 9.47 Å². The molecule has 2 aromatic rings. The van der Waals surface area contributed by atoms with Gasteiger partial charge in [0.25, 0.3) is 15.3 Å². The second-order valence-corrected chi connectivity index (χ2v) is 10.3. The highest BCUT2D eigenvalue weighted by Gasteiger charge is 2.19. The van der Waals surface area contributed by atoms with Crippen molar-refractivity contribution in [1.82, 2.24) is 0 Å². The second kappa shape index (κ2) is 27.0. The molecule has 2 rings (SSSR count). The van der Waals surface area contributed by atoms with Crippen LogP contribution in [0.15, 0.2) is 48.5 Å². The van der Waals surface area contributed by atoms with Crippen molar-refractivity contribution in [3.05, 3.63) is 90.0 Å². The lowest BCUT2D eigenvalue weighted by molar-refractivity contribution is -0.757. The lowest BCUT2D eigenvalue weighted by atomic mass is 10.2. The molecule has 0 heterocycles. The van der Waals surface area contributed by atoms with Crippen molar-refractivity contribution >= 4 is 51.7 Å². The summed E-state index contributed by atoms with van der Waals surface area (Å²) in [7, 11) is 0. The van der Waals surface area contributed by atoms with Crippen LogP contribution in [0.3, 0.4) is 0 Å². The summed E-state index contributed by atoms with van der Waals surface area (Å²) < 4.78 is 29.0. The van der Waals surface area contributed by atoms with Crippen molar-refractivity contribution in [2.75, 3.05) is 51.6 Å². The van der Waals surface area contributed by atoms with Gasteiger partial charge in [0.1, 0.15) is 28.0 Å². The van der Waals surface area contributed by atoms with Crippen LogP contribution in [-0.4, -0.2) is 103 Å². The molecule has 0 aliphatic rings. The predicted octanol–water partition coefficient (Wildman–Crippen LogP) is 2.16. The normalized spacial score (nSPS) is 9.84. The van der Waals surface area contributed by atoms with E-state index in [4.69, 9.17) is 28.4 Å². The molecule has 0 N–H and O–H groups in total. The number of alkyl halides is 1. The highest BCUT2D eigenvalue weighted by atomic mass is 79.9. The first-order valence-electron chi connectivity index (χ1n) is 15.4. The Morgan fingerprint density at radius 1 is 0.491 bits per heavy atom. The number of rotatable bonds is 24. The number of nitrogens with zero attached hydrogens (tertiary/aromatic N) is 3. The molecule has 2 aromatic carbocycles. The van der Waals surface area contributed by atoms with Gasteiger partial charge in [-0.3, -0.25) is 4.79 Å². The maximum absolute atomic E-state index is 12.1. The summed E-state index contributed by atoms with van der Waals surface area (Å²) in [5, 5.41) is 26.9. The Kier molecular flexibility index (Phi) is 22.8. The summed E-state index contributed by atoms with van der Waals surface area (Å²) in [6.07, 6.45) is 1.28. The summed E-state index contributed by atoms with van der Waals surface area (Å²) in [5.41, 5.74) is -0.210. The molecule has 0 radical (unpaired) electrons. The number of halogens is 1. The van der Waals surface area contributed by atoms with Crippen molar-refractivity contribution in [1.29, 1.82) is 0 Å². The van der Waals surface area contributed by atoms with Gasteiger partial charge in [-0.1, -0.05) is 40.2 Å². The quantitative estimate of drug-likeness (QED) is 0.0278. The molecule has 24 nitrogen and oxygen atoms in total. The van der Waals surface area contributed by atoms with E-state index in [-0.39, 0.29) is 60.8 Å². The third-order valence-corrected chi connectivity index (χ3v) is 6.16. The molecule has 0 spiro atoms. The van der Waals surface area contributed by atoms with Gasteiger partial charge in [0.2, 0.25) is 0 Å². The standard InChI is InChI=1S/C15H16BrNO9.C15H16N2O12/c16-9-13(18)26-12-6-2-1-5-11(12)15(20)24-10-14(19)23-7-3-4-8-25-17(21)22;18-13(25-7-3-4-8-27-16(21)22)9-26-15(20)11-5-1-2-6-12(11)29-14(19)10-28-17(23)24/h1-2,5-6H,3-4,7-10H2;1-2,5-6H,3-4,7-10H2. The summed E-state index contributed by atoms with van der Waals surface area (Å²) in [6, 6.07) is 11.3. The lowest BCUT2D eigenvalue weighted by Gasteiger charge is -2.10. The maximum Gasteiger partial charge on any atom is 0.344 e. The molecular formula is C30H32BrN3O21. The smallest absolute Gasteiger partial charge is 0.344 e. The van der Waals surface area contributed by atoms with Crippen LogP contribution in [0.2, 0.25) is 0 Å². The first-order chi connectivity index (χ1) is 26.2. The highest BCUT2D eigenvalue weighted by molar-refractivity contribution is 9.09. The van der Waals surface area contributed by atoms with Gasteiger partial charge in [-0.25, -0.2) is 24.0 Å². The van der Waals surface area contributed by atoms with Crippen LogP contribution in [0.4, 0.5) is 0 Å². The Labute approximate surface area is 317 Å². The van der Waals surface area contributed by atoms with Crippen LogP contribution in [0.1, 0.15) is 46.4 Å². The number of hydrogen-bond acceptors (Lipinski definition) is 21. The summed E-state index contributed by atoms with van der Waals surface area (Å²) in [5.74, 6) is -5.42. The molecule has 25 heteroatoms. The molecule has 0 atom stereocenters. The average molecular weight is 850 g/mol. The number of carbonyl (C=O) groups excluding carboxylic acids is 6. The van der Waals surface area contributed by atoms with Crippen molar-refractivity contribution in [3.63, 3.8) is 0 Å². The third-order valence-electron chi connectivity index (χ3n) is 5.70. The minimum atomic E-state index is -1.18. The highest BCUT2D eigenvalue weighted by Crippen LogP contribution is 2.20. The largest absolute Gasteiger partial charge is 0.463 e. The van der Waals surface area contributed by atoms with E-state index in [0.29, 0.717) is 19.3 Å². The fourth-order valence-corrected chi connectivity index (χ4v) is 3.52. The lowest BCUT2D eigenvalue weighted by Crippen LogP contribution is -2.21. The first-order valence-corrected chi connectivity index (χ1v) is 16.5. The number of esters is 6. The fourth-order valence-electron chi connectivity index (χ4n) is 3.40. The van der Waals surface area contributed by atoms with Crippen LogP contribution in [0.5, 0.6) is 11.5 Å². The molecule has 55 heavy (non-hydrogen) atoms. The zero-order valence-corrected chi connectivity index (χ0v) is 30.0. The molecular weight excluding hydrogens is 818 g/mol. The monoisotopic (exact) mass is 849 g/mol. The van der Waals surface area contributed by atoms with Crippen molar-refractivity contribution < 1.29 is 87.0 Å². The molecule has 0 saturated heterocycles. The summed E-state index contributed by atoms with van der Waals surface area (Å²) >= 11 is 2.94. The van der Waals surface area contributed by atoms with E-state index in [1.54, 1.807) is 12.1 Å². The van der Waals surface area contributed by atoms with Gasteiger partial charge in [-0.15, -0.1) is 30.3 Å². The number of ether oxygens (including phenoxy) is 6. The van der Waals surface area contributed by atoms with Gasteiger partial charge in [0.15, 0.2) is 19.8 Å². The van der Waals surface area contributed by atoms with Gasteiger partial charge in [0, 0.05) is 0 Å². The molecule has 0 aliphatic heterocycles. The third kappa shape index (κ3) is 22.1. The van der Waals surface area contributed by atoms with E-state index in [1.165, 1.54) is 36.4 Å². The molecule has 0 unspecified atom stereocenters. The first kappa shape index (κ1) is 46.4. The Hall–Kier alpha value is -6.66. The topological polar surface area (TPSA) is 315 Å². The Morgan fingerprint density at radius 2 is 0.873 bits per heavy atom. The Bertz CT molecular complexity index is 1640. The maximum atomic E-state index is 12.1. The molecule has 0 aromatic heterocycles. The second-order valence-electron chi connectivity index (χ2n) is 9.69. The number of hydrogen-bond donors (Lipinski definition) is 0. The van der Waals surface area contributed by atoms with Gasteiger partial charge in [-0.2, -0.15) is 0 Å². The average Bonchev–Trinajstić information content (AvgIpc) is 3.15. The fraction of sp³-hybridized carbons (Fsp3) is 0.400. The molecule has 0 amide bonds. The van der Waals surface area contributed by atoms with Gasteiger partial charge in [-0.05, 0) is 49.9 Å². The van der Waals surface area contributed by atoms with Gasteiger partial charge >= 0.3 is 35.8 Å². The number of unbranched alkanes of at least 4 members (excludes halogenated alkanes) is 2. The van der Waals surface area contributed by atoms with Crippen LogP contribution in [0.25, 0.3) is 0 Å². The molecule has 0 bridgehead atoms. The zero-order chi connectivity index (χ0) is 41.0. The molecule has 0 saturated carbocycles. The van der Waals surface area contributed by atoms with Crippen LogP contribution >= 0.6 is 15.9 Å². The Balaban J connectivity index is 0.000000553. The van der Waals surface area contributed by atoms with E-state index >= 15 is 0 Å². The van der Waals surface area contributed by atoms with Crippen LogP contribution in [0, 0.1) is 30.3 Å². The predicted molar refractivity (Wildman–Crippen MR) is 178 cm³/mol. The number of para-hydroxylation sites is 2. The van der Waals surface area contributed by atoms with E-state index in [1.807, 2.05) is 0 Å². The summed E-state index contributed by atoms with van der Waals surface area (Å²) in [6.45, 7) is -2.60. The van der Waals surface area contributed by atoms with E-state index in [2.05, 4.69) is 30.4 Å². The van der Waals surface area contributed by atoms with E-state index in [9.17, 15) is 59.1 Å². The zero-order valence-electron chi connectivity index (χ0n) is 28.4. The van der Waals surface area contributed by atoms with Crippen molar-refractivity contribution in [2.45, 2.75) is 25.7 Å². The minimum Gasteiger partial charge on any atom is -0.463 e. The SMILES string of the molecule is O=C(COC(=O)c1ccccc1OC(=O)CBr)OCCCCO[N+](=O)[O-].O=C(COC(=O)c1ccccc1OC(=O)CO[N+](=O)[O-])OCCCCO[N+](=O)[O-]. The molecule has 0 aliphatic carbocycles. The Morgan fingerprint density at radius 3 is 1.27 bits per heavy atom. The number of carbonyl (C=O) groups is 6.